The van der Waals surface area contributed by atoms with E-state index in [-0.39, 0.29) is 17.0 Å². The van der Waals surface area contributed by atoms with Crippen molar-refractivity contribution in [1.29, 1.82) is 5.26 Å². The largest absolute Gasteiger partial charge is 0.492 e. The van der Waals surface area contributed by atoms with Crippen LogP contribution >= 0.6 is 0 Å². The lowest BCUT2D eigenvalue weighted by Crippen LogP contribution is -2.28. The molecule has 1 aromatic carbocycles. The van der Waals surface area contributed by atoms with Crippen LogP contribution in [-0.4, -0.2) is 11.2 Å². The summed E-state index contributed by atoms with van der Waals surface area (Å²) in [5.74, 6) is 0.891. The van der Waals surface area contributed by atoms with Gasteiger partial charge in [-0.2, -0.15) is 5.26 Å². The Morgan fingerprint density at radius 3 is 2.50 bits per heavy atom. The Morgan fingerprint density at radius 2 is 1.91 bits per heavy atom. The second kappa shape index (κ2) is 6.81. The molecular weight excluding hydrogens is 278 g/mol. The van der Waals surface area contributed by atoms with Gasteiger partial charge < -0.3 is 15.0 Å². The Hall–Kier alpha value is -2.74. The van der Waals surface area contributed by atoms with E-state index in [1.165, 1.54) is 0 Å². The number of hydrogen-bond donors (Lipinski definition) is 1. The lowest BCUT2D eigenvalue weighted by atomic mass is 10.1. The summed E-state index contributed by atoms with van der Waals surface area (Å²) in [5, 5.41) is 9.00. The summed E-state index contributed by atoms with van der Waals surface area (Å²) in [6.07, 6.45) is 0. The van der Waals surface area contributed by atoms with E-state index in [9.17, 15) is 4.79 Å². The lowest BCUT2D eigenvalue weighted by Gasteiger charge is -2.16. The van der Waals surface area contributed by atoms with E-state index < -0.39 is 0 Å². The van der Waals surface area contributed by atoms with Gasteiger partial charge in [0.2, 0.25) is 0 Å². The van der Waals surface area contributed by atoms with E-state index >= 15 is 0 Å². The number of aromatic nitrogens is 1. The van der Waals surface area contributed by atoms with Crippen LogP contribution in [0.1, 0.15) is 31.0 Å². The van der Waals surface area contributed by atoms with Gasteiger partial charge >= 0.3 is 0 Å². The first kappa shape index (κ1) is 15.6. The summed E-state index contributed by atoms with van der Waals surface area (Å²) < 4.78 is 7.24. The fraction of sp³-hybridized carbons (Fsp3) is 0.294. The fourth-order valence-corrected chi connectivity index (χ4v) is 2.23. The predicted molar refractivity (Wildman–Crippen MR) is 85.9 cm³/mol. The van der Waals surface area contributed by atoms with Crippen LogP contribution in [-0.2, 0) is 6.54 Å². The van der Waals surface area contributed by atoms with E-state index in [1.807, 2.05) is 26.0 Å². The number of rotatable bonds is 5. The molecule has 0 spiro atoms. The second-order valence-electron chi connectivity index (χ2n) is 5.31. The summed E-state index contributed by atoms with van der Waals surface area (Å²) in [6.45, 7) is 4.76. The van der Waals surface area contributed by atoms with Gasteiger partial charge in [-0.3, -0.25) is 4.79 Å². The molecule has 0 atom stereocenters. The van der Waals surface area contributed by atoms with Gasteiger partial charge in [0.25, 0.3) is 5.56 Å². The number of anilines is 1. The number of ether oxygens (including phenoxy) is 1. The number of nitrogen functional groups attached to an aromatic ring is 1. The Morgan fingerprint density at radius 1 is 1.23 bits per heavy atom. The van der Waals surface area contributed by atoms with E-state index in [0.29, 0.717) is 24.6 Å². The topological polar surface area (TPSA) is 81.0 Å². The quantitative estimate of drug-likeness (QED) is 0.860. The highest BCUT2D eigenvalue weighted by atomic mass is 16.5. The number of nitriles is 1. The third-order valence-corrected chi connectivity index (χ3v) is 3.38. The van der Waals surface area contributed by atoms with Crippen molar-refractivity contribution in [3.05, 3.63) is 58.0 Å². The van der Waals surface area contributed by atoms with Crippen molar-refractivity contribution in [2.45, 2.75) is 26.3 Å². The SMILES string of the molecule is CC(C)c1ccc(C#N)c(=O)n1CCOc1ccc(N)cc1. The summed E-state index contributed by atoms with van der Waals surface area (Å²) in [4.78, 5) is 12.3. The van der Waals surface area contributed by atoms with Crippen LogP contribution in [0, 0.1) is 11.3 Å². The van der Waals surface area contributed by atoms with Crippen molar-refractivity contribution in [3.8, 4) is 11.8 Å². The Balaban J connectivity index is 2.16. The normalized spacial score (nSPS) is 10.5. The minimum Gasteiger partial charge on any atom is -0.492 e. The lowest BCUT2D eigenvalue weighted by molar-refractivity contribution is 0.293. The molecule has 2 N–H and O–H groups in total. The van der Waals surface area contributed by atoms with Crippen molar-refractivity contribution >= 4 is 5.69 Å². The highest BCUT2D eigenvalue weighted by Gasteiger charge is 2.11. The molecule has 0 unspecified atom stereocenters. The third-order valence-electron chi connectivity index (χ3n) is 3.38. The van der Waals surface area contributed by atoms with Gasteiger partial charge in [-0.05, 0) is 42.3 Å². The fourth-order valence-electron chi connectivity index (χ4n) is 2.23. The molecule has 2 aromatic rings. The average molecular weight is 297 g/mol. The highest BCUT2D eigenvalue weighted by molar-refractivity contribution is 5.41. The molecule has 0 saturated carbocycles. The molecule has 1 aromatic heterocycles. The van der Waals surface area contributed by atoms with Crippen molar-refractivity contribution in [1.82, 2.24) is 4.57 Å². The molecular formula is C17H19N3O2. The molecule has 2 rings (SSSR count). The molecule has 5 heteroatoms. The molecule has 5 nitrogen and oxygen atoms in total. The molecule has 0 aliphatic rings. The van der Waals surface area contributed by atoms with Gasteiger partial charge in [0.1, 0.15) is 24.0 Å². The predicted octanol–water partition coefficient (Wildman–Crippen LogP) is 2.50. The Bertz CT molecular complexity index is 740. The third kappa shape index (κ3) is 3.47. The Labute approximate surface area is 129 Å². The molecule has 114 valence electrons. The van der Waals surface area contributed by atoms with Crippen molar-refractivity contribution in [2.24, 2.45) is 0 Å². The highest BCUT2D eigenvalue weighted by Crippen LogP contribution is 2.15. The number of nitrogens with two attached hydrogens (primary N) is 1. The van der Waals surface area contributed by atoms with Gasteiger partial charge in [-0.1, -0.05) is 13.8 Å². The monoisotopic (exact) mass is 297 g/mol. The summed E-state index contributed by atoms with van der Waals surface area (Å²) in [5.41, 5.74) is 7.07. The van der Waals surface area contributed by atoms with Gasteiger partial charge in [0.05, 0.1) is 6.54 Å². The van der Waals surface area contributed by atoms with Crippen LogP contribution in [0.3, 0.4) is 0 Å². The van der Waals surface area contributed by atoms with Crippen LogP contribution in [0.25, 0.3) is 0 Å². The van der Waals surface area contributed by atoms with E-state index in [2.05, 4.69) is 0 Å². The summed E-state index contributed by atoms with van der Waals surface area (Å²) >= 11 is 0. The zero-order valence-corrected chi connectivity index (χ0v) is 12.7. The molecule has 0 aliphatic carbocycles. The molecule has 0 fully saturated rings. The standard InChI is InChI=1S/C17H19N3O2/c1-12(2)16-8-3-13(11-18)17(21)20(16)9-10-22-15-6-4-14(19)5-7-15/h3-8,12H,9-10,19H2,1-2H3. The van der Waals surface area contributed by atoms with Crippen LogP contribution in [0.5, 0.6) is 5.75 Å². The van der Waals surface area contributed by atoms with Gasteiger partial charge in [-0.25, -0.2) is 0 Å². The molecule has 0 bridgehead atoms. The molecule has 0 saturated heterocycles. The molecule has 22 heavy (non-hydrogen) atoms. The first-order valence-corrected chi connectivity index (χ1v) is 7.15. The maximum atomic E-state index is 12.3. The van der Waals surface area contributed by atoms with Gasteiger partial charge in [-0.15, -0.1) is 0 Å². The van der Waals surface area contributed by atoms with Crippen LogP contribution in [0.2, 0.25) is 0 Å². The maximum Gasteiger partial charge on any atom is 0.268 e. The second-order valence-corrected chi connectivity index (χ2v) is 5.31. The minimum absolute atomic E-state index is 0.150. The maximum absolute atomic E-state index is 12.3. The van der Waals surface area contributed by atoms with E-state index in [1.54, 1.807) is 34.9 Å². The number of pyridine rings is 1. The first-order chi connectivity index (χ1) is 10.5. The first-order valence-electron chi connectivity index (χ1n) is 7.15. The molecule has 0 aliphatic heterocycles. The van der Waals surface area contributed by atoms with Gasteiger partial charge in [0.15, 0.2) is 0 Å². The minimum atomic E-state index is -0.269. The number of hydrogen-bond acceptors (Lipinski definition) is 4. The van der Waals surface area contributed by atoms with E-state index in [4.69, 9.17) is 15.7 Å². The smallest absolute Gasteiger partial charge is 0.268 e. The van der Waals surface area contributed by atoms with Crippen molar-refractivity contribution in [3.63, 3.8) is 0 Å². The zero-order chi connectivity index (χ0) is 16.1. The zero-order valence-electron chi connectivity index (χ0n) is 12.7. The van der Waals surface area contributed by atoms with Crippen molar-refractivity contribution in [2.75, 3.05) is 12.3 Å². The Kier molecular flexibility index (Phi) is 4.84. The van der Waals surface area contributed by atoms with Crippen molar-refractivity contribution < 1.29 is 4.74 Å². The molecule has 0 amide bonds. The van der Waals surface area contributed by atoms with Crippen LogP contribution in [0.4, 0.5) is 5.69 Å². The van der Waals surface area contributed by atoms with Crippen LogP contribution in [0.15, 0.2) is 41.2 Å². The van der Waals surface area contributed by atoms with Gasteiger partial charge in [0, 0.05) is 11.4 Å². The summed E-state index contributed by atoms with van der Waals surface area (Å²) in [6, 6.07) is 12.4. The number of benzene rings is 1. The molecule has 0 radical (unpaired) electrons. The molecule has 1 heterocycles. The summed E-state index contributed by atoms with van der Waals surface area (Å²) in [7, 11) is 0. The van der Waals surface area contributed by atoms with Crippen LogP contribution < -0.4 is 16.0 Å². The number of nitrogens with zero attached hydrogens (tertiary/aromatic N) is 2. The average Bonchev–Trinajstić information content (AvgIpc) is 2.50. The van der Waals surface area contributed by atoms with E-state index in [0.717, 1.165) is 5.69 Å².